The summed E-state index contributed by atoms with van der Waals surface area (Å²) in [6.07, 6.45) is 4.15. The number of allylic oxidation sites excluding steroid dienone is 1. The molecule has 2 N–H and O–H groups in total. The number of rotatable bonds is 10. The molecule has 0 aliphatic carbocycles. The van der Waals surface area contributed by atoms with E-state index < -0.39 is 34.8 Å². The molecule has 0 spiro atoms. The van der Waals surface area contributed by atoms with Crippen LogP contribution in [0, 0.1) is 5.82 Å². The largest absolute Gasteiger partial charge is 0.493 e. The standard InChI is InChI=1S/C37H35ClFN3O5/c1-36(2,3)42-34(43)29-22-28(41-35(44)37(18-7-19-40-37)25-12-16-31(45-4)32(21-25)46-5)15-17-30(29)47-33(23-10-13-26(38)14-11-23)24-8-6-9-27(39)20-24/h6-22,33H,1-5H3,(H,41,44)(H,42,43). The van der Waals surface area contributed by atoms with E-state index in [0.717, 1.165) is 0 Å². The number of methoxy groups -OCH3 is 2. The zero-order valence-electron chi connectivity index (χ0n) is 26.6. The zero-order chi connectivity index (χ0) is 33.8. The number of nitrogens with zero attached hydrogens (tertiary/aromatic N) is 1. The van der Waals surface area contributed by atoms with E-state index in [2.05, 4.69) is 15.6 Å². The van der Waals surface area contributed by atoms with Gasteiger partial charge in [-0.15, -0.1) is 0 Å². The fourth-order valence-corrected chi connectivity index (χ4v) is 5.31. The second-order valence-corrected chi connectivity index (χ2v) is 12.4. The average Bonchev–Trinajstić information content (AvgIpc) is 3.55. The quantitative estimate of drug-likeness (QED) is 0.183. The van der Waals surface area contributed by atoms with Crippen molar-refractivity contribution in [3.63, 3.8) is 0 Å². The highest BCUT2D eigenvalue weighted by Crippen LogP contribution is 2.38. The third-order valence-corrected chi connectivity index (χ3v) is 7.66. The molecule has 5 rings (SSSR count). The van der Waals surface area contributed by atoms with Crippen molar-refractivity contribution in [1.29, 1.82) is 0 Å². The molecule has 0 bridgehead atoms. The van der Waals surface area contributed by atoms with Crippen LogP contribution in [0.25, 0.3) is 0 Å². The summed E-state index contributed by atoms with van der Waals surface area (Å²) in [5, 5.41) is 6.43. The molecule has 4 aromatic rings. The van der Waals surface area contributed by atoms with Gasteiger partial charge in [0.1, 0.15) is 17.7 Å². The number of carbonyl (C=O) groups excluding carboxylic acids is 2. The number of amides is 2. The SMILES string of the molecule is COc1ccc(C2(C(=O)Nc3ccc(OC(c4ccc(Cl)cc4)c4cccc(F)c4)c(C(=O)NC(C)(C)C)c3)C=CC=N2)cc1OC. The Labute approximate surface area is 278 Å². The fourth-order valence-electron chi connectivity index (χ4n) is 5.18. The Bertz CT molecular complexity index is 1840. The summed E-state index contributed by atoms with van der Waals surface area (Å²) in [6.45, 7) is 5.58. The lowest BCUT2D eigenvalue weighted by Gasteiger charge is -2.26. The van der Waals surface area contributed by atoms with Crippen molar-refractivity contribution < 1.29 is 28.2 Å². The van der Waals surface area contributed by atoms with E-state index in [4.69, 9.17) is 25.8 Å². The lowest BCUT2D eigenvalue weighted by Crippen LogP contribution is -2.41. The van der Waals surface area contributed by atoms with Crippen LogP contribution in [0.1, 0.15) is 53.9 Å². The highest BCUT2D eigenvalue weighted by molar-refractivity contribution is 6.30. The maximum absolute atomic E-state index is 14.4. The number of aliphatic imine (C=N–C) groups is 1. The van der Waals surface area contributed by atoms with Gasteiger partial charge in [-0.25, -0.2) is 4.39 Å². The number of hydrogen-bond donors (Lipinski definition) is 2. The number of benzene rings is 4. The van der Waals surface area contributed by atoms with Crippen LogP contribution in [-0.4, -0.2) is 37.8 Å². The molecule has 1 aliphatic rings. The number of hydrogen-bond acceptors (Lipinski definition) is 6. The number of anilines is 1. The van der Waals surface area contributed by atoms with Gasteiger partial charge in [-0.05, 0) is 104 Å². The molecular formula is C37H35ClFN3O5. The number of nitrogens with one attached hydrogen (secondary N) is 2. The Morgan fingerprint density at radius 3 is 2.23 bits per heavy atom. The lowest BCUT2D eigenvalue weighted by molar-refractivity contribution is -0.119. The summed E-state index contributed by atoms with van der Waals surface area (Å²) in [5.41, 5.74) is 0.331. The van der Waals surface area contributed by atoms with E-state index in [-0.39, 0.29) is 11.3 Å². The minimum absolute atomic E-state index is 0.165. The van der Waals surface area contributed by atoms with Crippen LogP contribution in [-0.2, 0) is 10.3 Å². The van der Waals surface area contributed by atoms with Crippen molar-refractivity contribution in [3.8, 4) is 17.2 Å². The van der Waals surface area contributed by atoms with Gasteiger partial charge in [-0.2, -0.15) is 0 Å². The molecule has 47 heavy (non-hydrogen) atoms. The minimum atomic E-state index is -1.39. The van der Waals surface area contributed by atoms with Crippen molar-refractivity contribution in [1.82, 2.24) is 5.32 Å². The first kappa shape index (κ1) is 33.2. The molecule has 0 saturated heterocycles. The Hall–Kier alpha value is -5.15. The van der Waals surface area contributed by atoms with Crippen molar-refractivity contribution in [2.24, 2.45) is 4.99 Å². The van der Waals surface area contributed by atoms with E-state index in [9.17, 15) is 14.0 Å². The summed E-state index contributed by atoms with van der Waals surface area (Å²) in [7, 11) is 3.05. The van der Waals surface area contributed by atoms with Crippen molar-refractivity contribution in [3.05, 3.63) is 130 Å². The van der Waals surface area contributed by atoms with E-state index >= 15 is 0 Å². The van der Waals surface area contributed by atoms with Crippen LogP contribution in [0.15, 0.2) is 102 Å². The highest BCUT2D eigenvalue weighted by Gasteiger charge is 2.40. The van der Waals surface area contributed by atoms with E-state index in [1.165, 1.54) is 26.4 Å². The normalized spacial score (nSPS) is 16.0. The molecule has 1 heterocycles. The van der Waals surface area contributed by atoms with E-state index in [1.54, 1.807) is 91.2 Å². The first-order chi connectivity index (χ1) is 22.4. The highest BCUT2D eigenvalue weighted by atomic mass is 35.5. The fraction of sp³-hybridized carbons (Fsp3) is 0.216. The third-order valence-electron chi connectivity index (χ3n) is 7.41. The van der Waals surface area contributed by atoms with Crippen LogP contribution in [0.2, 0.25) is 5.02 Å². The molecule has 2 amide bonds. The van der Waals surface area contributed by atoms with Gasteiger partial charge in [-0.3, -0.25) is 14.6 Å². The minimum Gasteiger partial charge on any atom is -0.493 e. The maximum atomic E-state index is 14.4. The zero-order valence-corrected chi connectivity index (χ0v) is 27.4. The molecule has 10 heteroatoms. The number of halogens is 2. The smallest absolute Gasteiger partial charge is 0.260 e. The molecule has 8 nitrogen and oxygen atoms in total. The lowest BCUT2D eigenvalue weighted by atomic mass is 9.89. The Morgan fingerprint density at radius 2 is 1.60 bits per heavy atom. The second-order valence-electron chi connectivity index (χ2n) is 11.9. The first-order valence-electron chi connectivity index (χ1n) is 14.8. The molecule has 0 fully saturated rings. The molecular weight excluding hydrogens is 621 g/mol. The van der Waals surface area contributed by atoms with Crippen molar-refractivity contribution in [2.75, 3.05) is 19.5 Å². The predicted molar refractivity (Wildman–Crippen MR) is 181 cm³/mol. The Morgan fingerprint density at radius 1 is 0.872 bits per heavy atom. The molecule has 2 atom stereocenters. The molecule has 4 aromatic carbocycles. The summed E-state index contributed by atoms with van der Waals surface area (Å²) < 4.78 is 31.7. The Balaban J connectivity index is 1.53. The number of carbonyl (C=O) groups is 2. The van der Waals surface area contributed by atoms with Crippen LogP contribution in [0.3, 0.4) is 0 Å². The Kier molecular flexibility index (Phi) is 9.67. The van der Waals surface area contributed by atoms with Crippen molar-refractivity contribution in [2.45, 2.75) is 38.0 Å². The van der Waals surface area contributed by atoms with Gasteiger partial charge in [0.2, 0.25) is 0 Å². The molecule has 0 aromatic heterocycles. The molecule has 0 saturated carbocycles. The molecule has 0 radical (unpaired) electrons. The summed E-state index contributed by atoms with van der Waals surface area (Å²) >= 11 is 6.15. The van der Waals surface area contributed by atoms with Crippen LogP contribution >= 0.6 is 11.6 Å². The van der Waals surface area contributed by atoms with Gasteiger partial charge in [0, 0.05) is 22.5 Å². The number of ether oxygens (including phenoxy) is 3. The van der Waals surface area contributed by atoms with E-state index in [0.29, 0.717) is 38.9 Å². The molecule has 2 unspecified atom stereocenters. The predicted octanol–water partition coefficient (Wildman–Crippen LogP) is 7.67. The van der Waals surface area contributed by atoms with Crippen LogP contribution in [0.4, 0.5) is 10.1 Å². The van der Waals surface area contributed by atoms with Gasteiger partial charge in [0.05, 0.1) is 19.8 Å². The van der Waals surface area contributed by atoms with Crippen molar-refractivity contribution >= 4 is 35.3 Å². The third kappa shape index (κ3) is 7.47. The van der Waals surface area contributed by atoms with Gasteiger partial charge < -0.3 is 24.8 Å². The van der Waals surface area contributed by atoms with Crippen LogP contribution < -0.4 is 24.8 Å². The molecule has 1 aliphatic heterocycles. The monoisotopic (exact) mass is 655 g/mol. The maximum Gasteiger partial charge on any atom is 0.260 e. The second kappa shape index (κ2) is 13.7. The summed E-state index contributed by atoms with van der Waals surface area (Å²) in [5.74, 6) is -0.125. The first-order valence-corrected chi connectivity index (χ1v) is 15.2. The van der Waals surface area contributed by atoms with Gasteiger partial charge in [-0.1, -0.05) is 41.9 Å². The van der Waals surface area contributed by atoms with Crippen LogP contribution in [0.5, 0.6) is 17.2 Å². The van der Waals surface area contributed by atoms with Gasteiger partial charge in [0.25, 0.3) is 11.8 Å². The van der Waals surface area contributed by atoms with Gasteiger partial charge >= 0.3 is 0 Å². The van der Waals surface area contributed by atoms with Gasteiger partial charge in [0.15, 0.2) is 17.0 Å². The molecule has 242 valence electrons. The van der Waals surface area contributed by atoms with E-state index in [1.807, 2.05) is 20.8 Å². The summed E-state index contributed by atoms with van der Waals surface area (Å²) in [6, 6.07) is 23.0. The average molecular weight is 656 g/mol. The summed E-state index contributed by atoms with van der Waals surface area (Å²) in [4.78, 5) is 32.2. The topological polar surface area (TPSA) is 98.2 Å².